The molecule has 0 fully saturated rings. The standard InChI is InChI=1S/C13H18BrNO4/c1-13(2,3)19-12(16)15-9-6-8(14)7-10(17-4)11(9)18-5/h6-7H,1-5H3,(H,15,16). The Bertz CT molecular complexity index is 468. The lowest BCUT2D eigenvalue weighted by molar-refractivity contribution is 0.0635. The van der Waals surface area contributed by atoms with Gasteiger partial charge in [0.2, 0.25) is 0 Å². The molecule has 106 valence electrons. The Morgan fingerprint density at radius 3 is 2.32 bits per heavy atom. The summed E-state index contributed by atoms with van der Waals surface area (Å²) in [6.45, 7) is 5.39. The van der Waals surface area contributed by atoms with Crippen molar-refractivity contribution in [1.29, 1.82) is 0 Å². The number of benzene rings is 1. The van der Waals surface area contributed by atoms with E-state index in [2.05, 4.69) is 21.2 Å². The van der Waals surface area contributed by atoms with Gasteiger partial charge < -0.3 is 14.2 Å². The van der Waals surface area contributed by atoms with Gasteiger partial charge in [-0.2, -0.15) is 0 Å². The molecule has 1 aromatic rings. The summed E-state index contributed by atoms with van der Waals surface area (Å²) in [5, 5.41) is 2.64. The summed E-state index contributed by atoms with van der Waals surface area (Å²) in [4.78, 5) is 11.8. The smallest absolute Gasteiger partial charge is 0.412 e. The Hall–Kier alpha value is -1.43. The predicted molar refractivity (Wildman–Crippen MR) is 77.1 cm³/mol. The average Bonchev–Trinajstić information content (AvgIpc) is 2.25. The highest BCUT2D eigenvalue weighted by atomic mass is 79.9. The van der Waals surface area contributed by atoms with Crippen LogP contribution in [0.15, 0.2) is 16.6 Å². The normalized spacial score (nSPS) is 10.8. The maximum atomic E-state index is 11.8. The van der Waals surface area contributed by atoms with Gasteiger partial charge in [0.05, 0.1) is 19.9 Å². The first kappa shape index (κ1) is 15.6. The van der Waals surface area contributed by atoms with Crippen molar-refractivity contribution in [3.8, 4) is 11.5 Å². The van der Waals surface area contributed by atoms with Crippen molar-refractivity contribution in [2.75, 3.05) is 19.5 Å². The zero-order valence-corrected chi connectivity index (χ0v) is 13.3. The maximum Gasteiger partial charge on any atom is 0.412 e. The van der Waals surface area contributed by atoms with Gasteiger partial charge in [-0.3, -0.25) is 5.32 Å². The number of anilines is 1. The fraction of sp³-hybridized carbons (Fsp3) is 0.462. The van der Waals surface area contributed by atoms with Crippen molar-refractivity contribution in [2.45, 2.75) is 26.4 Å². The Morgan fingerprint density at radius 1 is 1.21 bits per heavy atom. The van der Waals surface area contributed by atoms with E-state index in [0.717, 1.165) is 4.47 Å². The van der Waals surface area contributed by atoms with Crippen molar-refractivity contribution >= 4 is 27.7 Å². The number of carbonyl (C=O) groups is 1. The molecule has 0 heterocycles. The van der Waals surface area contributed by atoms with Crippen LogP contribution in [0, 0.1) is 0 Å². The summed E-state index contributed by atoms with van der Waals surface area (Å²) in [5.74, 6) is 0.958. The number of nitrogens with one attached hydrogen (secondary N) is 1. The summed E-state index contributed by atoms with van der Waals surface area (Å²) < 4.78 is 16.4. The van der Waals surface area contributed by atoms with Crippen LogP contribution in [0.1, 0.15) is 20.8 Å². The molecule has 5 nitrogen and oxygen atoms in total. The number of ether oxygens (including phenoxy) is 3. The first-order valence-corrected chi connectivity index (χ1v) is 6.47. The fourth-order valence-corrected chi connectivity index (χ4v) is 1.87. The molecular formula is C13H18BrNO4. The molecular weight excluding hydrogens is 314 g/mol. The Labute approximate surface area is 121 Å². The third-order valence-corrected chi connectivity index (χ3v) is 2.54. The van der Waals surface area contributed by atoms with Gasteiger partial charge in [0.1, 0.15) is 5.60 Å². The van der Waals surface area contributed by atoms with E-state index in [1.165, 1.54) is 14.2 Å². The molecule has 1 aromatic carbocycles. The van der Waals surface area contributed by atoms with E-state index >= 15 is 0 Å². The second kappa shape index (κ2) is 6.14. The van der Waals surface area contributed by atoms with Gasteiger partial charge in [-0.05, 0) is 32.9 Å². The van der Waals surface area contributed by atoms with Gasteiger partial charge in [0.15, 0.2) is 11.5 Å². The molecule has 0 saturated heterocycles. The molecule has 0 spiro atoms. The molecule has 19 heavy (non-hydrogen) atoms. The van der Waals surface area contributed by atoms with Gasteiger partial charge in [-0.1, -0.05) is 15.9 Å². The van der Waals surface area contributed by atoms with E-state index in [-0.39, 0.29) is 0 Å². The Morgan fingerprint density at radius 2 is 1.84 bits per heavy atom. The monoisotopic (exact) mass is 331 g/mol. The third-order valence-electron chi connectivity index (χ3n) is 2.08. The van der Waals surface area contributed by atoms with Gasteiger partial charge >= 0.3 is 6.09 Å². The SMILES string of the molecule is COc1cc(Br)cc(NC(=O)OC(C)(C)C)c1OC. The van der Waals surface area contributed by atoms with Crippen LogP contribution in [0.5, 0.6) is 11.5 Å². The molecule has 1 N–H and O–H groups in total. The number of amides is 1. The average molecular weight is 332 g/mol. The van der Waals surface area contributed by atoms with Crippen LogP contribution in [0.3, 0.4) is 0 Å². The number of hydrogen-bond donors (Lipinski definition) is 1. The molecule has 0 aliphatic rings. The summed E-state index contributed by atoms with van der Waals surface area (Å²) in [6.07, 6.45) is -0.550. The zero-order valence-electron chi connectivity index (χ0n) is 11.7. The lowest BCUT2D eigenvalue weighted by Gasteiger charge is -2.20. The largest absolute Gasteiger partial charge is 0.493 e. The lowest BCUT2D eigenvalue weighted by Crippen LogP contribution is -2.27. The van der Waals surface area contributed by atoms with Crippen LogP contribution in [-0.2, 0) is 4.74 Å². The fourth-order valence-electron chi connectivity index (χ4n) is 1.44. The van der Waals surface area contributed by atoms with Gasteiger partial charge in [-0.15, -0.1) is 0 Å². The molecule has 0 bridgehead atoms. The number of halogens is 1. The van der Waals surface area contributed by atoms with Crippen LogP contribution in [0.2, 0.25) is 0 Å². The third kappa shape index (κ3) is 4.63. The molecule has 1 rings (SSSR count). The van der Waals surface area contributed by atoms with Crippen LogP contribution < -0.4 is 14.8 Å². The minimum absolute atomic E-state index is 0.441. The van der Waals surface area contributed by atoms with Crippen molar-refractivity contribution in [2.24, 2.45) is 0 Å². The second-order valence-electron chi connectivity index (χ2n) is 4.82. The molecule has 6 heteroatoms. The van der Waals surface area contributed by atoms with Crippen molar-refractivity contribution in [3.63, 3.8) is 0 Å². The lowest BCUT2D eigenvalue weighted by atomic mass is 10.2. The number of hydrogen-bond acceptors (Lipinski definition) is 4. The minimum atomic E-state index is -0.562. The first-order chi connectivity index (χ1) is 8.76. The van der Waals surface area contributed by atoms with Crippen LogP contribution in [0.4, 0.5) is 10.5 Å². The van der Waals surface area contributed by atoms with E-state index in [9.17, 15) is 4.79 Å². The second-order valence-corrected chi connectivity index (χ2v) is 5.73. The van der Waals surface area contributed by atoms with Crippen LogP contribution >= 0.6 is 15.9 Å². The summed E-state index contributed by atoms with van der Waals surface area (Å²) in [6, 6.07) is 3.46. The Balaban J connectivity index is 3.00. The van der Waals surface area contributed by atoms with E-state index in [0.29, 0.717) is 17.2 Å². The van der Waals surface area contributed by atoms with Gasteiger partial charge in [0, 0.05) is 4.47 Å². The number of rotatable bonds is 3. The van der Waals surface area contributed by atoms with Gasteiger partial charge in [-0.25, -0.2) is 4.79 Å². The molecule has 0 aromatic heterocycles. The van der Waals surface area contributed by atoms with E-state index in [1.807, 2.05) is 0 Å². The van der Waals surface area contributed by atoms with Crippen molar-refractivity contribution in [1.82, 2.24) is 0 Å². The molecule has 0 unspecified atom stereocenters. The molecule has 0 radical (unpaired) electrons. The Kier molecular flexibility index (Phi) is 5.05. The topological polar surface area (TPSA) is 56.8 Å². The molecule has 1 amide bonds. The molecule has 0 atom stereocenters. The highest BCUT2D eigenvalue weighted by Gasteiger charge is 2.19. The first-order valence-electron chi connectivity index (χ1n) is 5.68. The quantitative estimate of drug-likeness (QED) is 0.914. The van der Waals surface area contributed by atoms with Crippen LogP contribution in [0.25, 0.3) is 0 Å². The van der Waals surface area contributed by atoms with E-state index in [4.69, 9.17) is 14.2 Å². The molecule has 0 aliphatic heterocycles. The van der Waals surface area contributed by atoms with Gasteiger partial charge in [0.25, 0.3) is 0 Å². The van der Waals surface area contributed by atoms with E-state index < -0.39 is 11.7 Å². The minimum Gasteiger partial charge on any atom is -0.493 e. The number of methoxy groups -OCH3 is 2. The highest BCUT2D eigenvalue weighted by molar-refractivity contribution is 9.10. The van der Waals surface area contributed by atoms with Crippen LogP contribution in [-0.4, -0.2) is 25.9 Å². The van der Waals surface area contributed by atoms with Crippen molar-refractivity contribution < 1.29 is 19.0 Å². The summed E-state index contributed by atoms with van der Waals surface area (Å²) in [7, 11) is 3.04. The summed E-state index contributed by atoms with van der Waals surface area (Å²) >= 11 is 3.34. The highest BCUT2D eigenvalue weighted by Crippen LogP contribution is 2.38. The maximum absolute atomic E-state index is 11.8. The predicted octanol–water partition coefficient (Wildman–Crippen LogP) is 3.81. The summed E-state index contributed by atoms with van der Waals surface area (Å²) in [5.41, 5.74) is -0.0871. The van der Waals surface area contributed by atoms with E-state index in [1.54, 1.807) is 32.9 Å². The van der Waals surface area contributed by atoms with Crippen molar-refractivity contribution in [3.05, 3.63) is 16.6 Å². The number of carbonyl (C=O) groups excluding carboxylic acids is 1. The zero-order chi connectivity index (χ0) is 14.6. The molecule has 0 aliphatic carbocycles. The molecule has 0 saturated carbocycles.